The molecule has 124 valence electrons. The van der Waals surface area contributed by atoms with E-state index < -0.39 is 0 Å². The third-order valence-electron chi connectivity index (χ3n) is 3.50. The summed E-state index contributed by atoms with van der Waals surface area (Å²) in [5.41, 5.74) is 2.84. The monoisotopic (exact) mass is 354 g/mol. The standard InChI is InChI=1S/C16H20Cl2N4O/c1-4-22-11(2)12(8-19-22)9-21(3)10-16(23)20-15-6-13(17)5-14(18)7-15/h5-8H,4,9-10H2,1-3H3,(H,20,23). The number of halogens is 2. The largest absolute Gasteiger partial charge is 0.325 e. The number of rotatable bonds is 6. The Kier molecular flexibility index (Phi) is 6.04. The molecule has 1 amide bonds. The van der Waals surface area contributed by atoms with Crippen molar-refractivity contribution in [3.05, 3.63) is 45.7 Å². The SMILES string of the molecule is CCn1ncc(CN(C)CC(=O)Nc2cc(Cl)cc(Cl)c2)c1C. The predicted molar refractivity (Wildman–Crippen MR) is 94.1 cm³/mol. The number of aryl methyl sites for hydroxylation is 1. The zero-order chi connectivity index (χ0) is 17.0. The number of aromatic nitrogens is 2. The Morgan fingerprint density at radius 3 is 2.52 bits per heavy atom. The lowest BCUT2D eigenvalue weighted by Crippen LogP contribution is -2.30. The van der Waals surface area contributed by atoms with Crippen LogP contribution in [-0.2, 0) is 17.9 Å². The van der Waals surface area contributed by atoms with Gasteiger partial charge in [-0.3, -0.25) is 14.4 Å². The van der Waals surface area contributed by atoms with Crippen LogP contribution in [0.3, 0.4) is 0 Å². The molecule has 2 aromatic rings. The van der Waals surface area contributed by atoms with E-state index in [1.165, 1.54) is 0 Å². The molecule has 0 aliphatic heterocycles. The Morgan fingerprint density at radius 2 is 1.96 bits per heavy atom. The molecule has 5 nitrogen and oxygen atoms in total. The van der Waals surface area contributed by atoms with E-state index in [9.17, 15) is 4.79 Å². The number of nitrogens with one attached hydrogen (secondary N) is 1. The topological polar surface area (TPSA) is 50.2 Å². The minimum absolute atomic E-state index is 0.119. The van der Waals surface area contributed by atoms with E-state index in [0.717, 1.165) is 17.8 Å². The molecule has 0 aliphatic carbocycles. The summed E-state index contributed by atoms with van der Waals surface area (Å²) >= 11 is 11.8. The van der Waals surface area contributed by atoms with Crippen molar-refractivity contribution in [1.82, 2.24) is 14.7 Å². The number of hydrogen-bond acceptors (Lipinski definition) is 3. The van der Waals surface area contributed by atoms with Crippen LogP contribution >= 0.6 is 23.2 Å². The zero-order valence-electron chi connectivity index (χ0n) is 13.4. The van der Waals surface area contributed by atoms with Crippen LogP contribution in [0.4, 0.5) is 5.69 Å². The average Bonchev–Trinajstić information content (AvgIpc) is 2.77. The quantitative estimate of drug-likeness (QED) is 0.862. The highest BCUT2D eigenvalue weighted by atomic mass is 35.5. The van der Waals surface area contributed by atoms with Crippen LogP contribution in [-0.4, -0.2) is 34.2 Å². The summed E-state index contributed by atoms with van der Waals surface area (Å²) < 4.78 is 1.94. The van der Waals surface area contributed by atoms with Crippen molar-refractivity contribution in [2.75, 3.05) is 18.9 Å². The number of benzene rings is 1. The van der Waals surface area contributed by atoms with Gasteiger partial charge in [0.15, 0.2) is 0 Å². The van der Waals surface area contributed by atoms with Crippen molar-refractivity contribution in [1.29, 1.82) is 0 Å². The fraction of sp³-hybridized carbons (Fsp3) is 0.375. The summed E-state index contributed by atoms with van der Waals surface area (Å²) in [4.78, 5) is 14.1. The van der Waals surface area contributed by atoms with E-state index in [0.29, 0.717) is 22.3 Å². The Morgan fingerprint density at radius 1 is 1.30 bits per heavy atom. The average molecular weight is 355 g/mol. The maximum absolute atomic E-state index is 12.1. The third-order valence-corrected chi connectivity index (χ3v) is 3.94. The number of nitrogens with zero attached hydrogens (tertiary/aromatic N) is 3. The summed E-state index contributed by atoms with van der Waals surface area (Å²) in [5, 5.41) is 8.09. The van der Waals surface area contributed by atoms with Gasteiger partial charge < -0.3 is 5.32 Å². The second-order valence-electron chi connectivity index (χ2n) is 5.45. The van der Waals surface area contributed by atoms with E-state index in [-0.39, 0.29) is 12.5 Å². The number of carbonyl (C=O) groups excluding carboxylic acids is 1. The molecule has 7 heteroatoms. The van der Waals surface area contributed by atoms with Gasteiger partial charge in [0.05, 0.1) is 12.7 Å². The predicted octanol–water partition coefficient (Wildman–Crippen LogP) is 3.59. The van der Waals surface area contributed by atoms with E-state index in [4.69, 9.17) is 23.2 Å². The Labute approximate surface area is 146 Å². The molecule has 1 aromatic carbocycles. The van der Waals surface area contributed by atoms with Gasteiger partial charge in [-0.2, -0.15) is 5.10 Å². The Hall–Kier alpha value is -1.56. The highest BCUT2D eigenvalue weighted by Gasteiger charge is 2.12. The molecule has 0 spiro atoms. The highest BCUT2D eigenvalue weighted by molar-refractivity contribution is 6.35. The van der Waals surface area contributed by atoms with E-state index in [1.807, 2.05) is 29.7 Å². The van der Waals surface area contributed by atoms with Crippen LogP contribution in [0.1, 0.15) is 18.2 Å². The maximum Gasteiger partial charge on any atom is 0.238 e. The van der Waals surface area contributed by atoms with Crippen LogP contribution in [0.5, 0.6) is 0 Å². The van der Waals surface area contributed by atoms with Gasteiger partial charge in [0.1, 0.15) is 0 Å². The van der Waals surface area contributed by atoms with Crippen molar-refractivity contribution in [3.8, 4) is 0 Å². The molecule has 0 radical (unpaired) electrons. The zero-order valence-corrected chi connectivity index (χ0v) is 14.9. The number of likely N-dealkylation sites (N-methyl/N-ethyl adjacent to an activating group) is 1. The van der Waals surface area contributed by atoms with Crippen molar-refractivity contribution in [2.45, 2.75) is 26.9 Å². The normalized spacial score (nSPS) is 11.0. The fourth-order valence-corrected chi connectivity index (χ4v) is 2.90. The summed E-state index contributed by atoms with van der Waals surface area (Å²) in [5.74, 6) is -0.119. The summed E-state index contributed by atoms with van der Waals surface area (Å²) in [6, 6.07) is 4.96. The molecule has 23 heavy (non-hydrogen) atoms. The van der Waals surface area contributed by atoms with Gasteiger partial charge in [0, 0.05) is 40.1 Å². The van der Waals surface area contributed by atoms with Gasteiger partial charge in [-0.25, -0.2) is 0 Å². The van der Waals surface area contributed by atoms with Crippen molar-refractivity contribution in [2.24, 2.45) is 0 Å². The molecule has 0 saturated carbocycles. The molecule has 1 aromatic heterocycles. The van der Waals surface area contributed by atoms with Crippen LogP contribution in [0.25, 0.3) is 0 Å². The molecular weight excluding hydrogens is 335 g/mol. The van der Waals surface area contributed by atoms with Gasteiger partial charge in [-0.15, -0.1) is 0 Å². The van der Waals surface area contributed by atoms with Gasteiger partial charge in [-0.1, -0.05) is 23.2 Å². The second-order valence-corrected chi connectivity index (χ2v) is 6.32. The number of carbonyl (C=O) groups is 1. The first-order chi connectivity index (χ1) is 10.9. The number of anilines is 1. The molecule has 0 bridgehead atoms. The molecular formula is C16H20Cl2N4O. The first-order valence-electron chi connectivity index (χ1n) is 7.34. The second kappa shape index (κ2) is 7.81. The molecule has 2 rings (SSSR count). The van der Waals surface area contributed by atoms with Crippen LogP contribution in [0.2, 0.25) is 10.0 Å². The van der Waals surface area contributed by atoms with Crippen LogP contribution < -0.4 is 5.32 Å². The third kappa shape index (κ3) is 4.96. The lowest BCUT2D eigenvalue weighted by Gasteiger charge is -2.16. The van der Waals surface area contributed by atoms with E-state index in [2.05, 4.69) is 17.3 Å². The fourth-order valence-electron chi connectivity index (χ4n) is 2.38. The molecule has 0 saturated heterocycles. The molecule has 0 atom stereocenters. The Bertz CT molecular complexity index is 679. The molecule has 0 unspecified atom stereocenters. The van der Waals surface area contributed by atoms with E-state index >= 15 is 0 Å². The minimum atomic E-state index is -0.119. The summed E-state index contributed by atoms with van der Waals surface area (Å²) in [7, 11) is 1.90. The first-order valence-corrected chi connectivity index (χ1v) is 8.10. The summed E-state index contributed by atoms with van der Waals surface area (Å²) in [6.07, 6.45) is 1.85. The van der Waals surface area contributed by atoms with Crippen LogP contribution in [0.15, 0.2) is 24.4 Å². The smallest absolute Gasteiger partial charge is 0.238 e. The first kappa shape index (κ1) is 17.8. The van der Waals surface area contributed by atoms with Gasteiger partial charge >= 0.3 is 0 Å². The van der Waals surface area contributed by atoms with Gasteiger partial charge in [0.25, 0.3) is 0 Å². The van der Waals surface area contributed by atoms with Gasteiger partial charge in [0.2, 0.25) is 5.91 Å². The number of amides is 1. The number of hydrogen-bond donors (Lipinski definition) is 1. The van der Waals surface area contributed by atoms with E-state index in [1.54, 1.807) is 18.2 Å². The van der Waals surface area contributed by atoms with Crippen LogP contribution in [0, 0.1) is 6.92 Å². The van der Waals surface area contributed by atoms with Crippen molar-refractivity contribution >= 4 is 34.8 Å². The van der Waals surface area contributed by atoms with Crippen molar-refractivity contribution in [3.63, 3.8) is 0 Å². The highest BCUT2D eigenvalue weighted by Crippen LogP contribution is 2.22. The molecule has 1 heterocycles. The summed E-state index contributed by atoms with van der Waals surface area (Å²) in [6.45, 7) is 5.85. The van der Waals surface area contributed by atoms with Gasteiger partial charge in [-0.05, 0) is 39.1 Å². The lowest BCUT2D eigenvalue weighted by molar-refractivity contribution is -0.117. The molecule has 0 fully saturated rings. The minimum Gasteiger partial charge on any atom is -0.325 e. The lowest BCUT2D eigenvalue weighted by atomic mass is 10.2. The maximum atomic E-state index is 12.1. The Balaban J connectivity index is 1.92. The van der Waals surface area contributed by atoms with Crippen molar-refractivity contribution < 1.29 is 4.79 Å². The molecule has 1 N–H and O–H groups in total. The molecule has 0 aliphatic rings.